The fraction of sp³-hybridized carbons (Fsp3) is 0.412. The molecule has 4 rings (SSSR count). The molecule has 4 heterocycles. The molecule has 7 heteroatoms. The summed E-state index contributed by atoms with van der Waals surface area (Å²) in [7, 11) is 0. The van der Waals surface area contributed by atoms with Gasteiger partial charge in [0.1, 0.15) is 12.1 Å². The molecule has 7 nitrogen and oxygen atoms in total. The standard InChI is InChI=1S/C17H21N7/c1-14-12-22(9-6-15-4-7-18-8-5-15)10-11-23(14)17-3-2-16-20-19-13-24(16)21-17/h2-5,7-8,13-14H,6,9-12H2,1H3. The van der Waals surface area contributed by atoms with Gasteiger partial charge in [-0.05, 0) is 43.2 Å². The number of anilines is 1. The van der Waals surface area contributed by atoms with E-state index in [1.54, 1.807) is 10.8 Å². The van der Waals surface area contributed by atoms with Crippen LogP contribution in [0, 0.1) is 0 Å². The van der Waals surface area contributed by atoms with E-state index in [4.69, 9.17) is 0 Å². The summed E-state index contributed by atoms with van der Waals surface area (Å²) < 4.78 is 1.73. The van der Waals surface area contributed by atoms with E-state index in [1.807, 2.05) is 24.5 Å². The van der Waals surface area contributed by atoms with E-state index in [9.17, 15) is 0 Å². The predicted octanol–water partition coefficient (Wildman–Crippen LogP) is 1.27. The van der Waals surface area contributed by atoms with Crippen LogP contribution < -0.4 is 4.90 Å². The first-order valence-corrected chi connectivity index (χ1v) is 8.34. The zero-order valence-corrected chi connectivity index (χ0v) is 13.8. The molecule has 1 saturated heterocycles. The Kier molecular flexibility index (Phi) is 4.08. The van der Waals surface area contributed by atoms with Crippen molar-refractivity contribution in [3.8, 4) is 0 Å². The second kappa shape index (κ2) is 6.52. The van der Waals surface area contributed by atoms with Crippen LogP contribution in [0.5, 0.6) is 0 Å². The maximum atomic E-state index is 4.62. The molecule has 1 aliphatic rings. The lowest BCUT2D eigenvalue weighted by Crippen LogP contribution is -2.52. The highest BCUT2D eigenvalue weighted by Gasteiger charge is 2.24. The van der Waals surface area contributed by atoms with Crippen LogP contribution in [0.25, 0.3) is 5.65 Å². The number of hydrogen-bond donors (Lipinski definition) is 0. The molecule has 0 bridgehead atoms. The minimum absolute atomic E-state index is 0.428. The van der Waals surface area contributed by atoms with Crippen molar-refractivity contribution in [1.82, 2.24) is 29.7 Å². The minimum atomic E-state index is 0.428. The molecule has 124 valence electrons. The first-order valence-electron chi connectivity index (χ1n) is 8.34. The Labute approximate surface area is 140 Å². The van der Waals surface area contributed by atoms with Gasteiger partial charge in [-0.1, -0.05) is 0 Å². The van der Waals surface area contributed by atoms with Gasteiger partial charge in [-0.3, -0.25) is 9.88 Å². The Morgan fingerprint density at radius 3 is 2.83 bits per heavy atom. The molecular formula is C17H21N7. The van der Waals surface area contributed by atoms with E-state index in [2.05, 4.69) is 49.1 Å². The summed E-state index contributed by atoms with van der Waals surface area (Å²) in [6.07, 6.45) is 6.44. The molecule has 0 N–H and O–H groups in total. The van der Waals surface area contributed by atoms with Crippen molar-refractivity contribution >= 4 is 11.5 Å². The van der Waals surface area contributed by atoms with E-state index in [-0.39, 0.29) is 0 Å². The molecule has 1 aliphatic heterocycles. The fourth-order valence-electron chi connectivity index (χ4n) is 3.28. The van der Waals surface area contributed by atoms with Crippen LogP contribution in [0.2, 0.25) is 0 Å². The fourth-order valence-corrected chi connectivity index (χ4v) is 3.28. The van der Waals surface area contributed by atoms with Gasteiger partial charge in [-0.15, -0.1) is 15.3 Å². The molecule has 24 heavy (non-hydrogen) atoms. The highest BCUT2D eigenvalue weighted by Crippen LogP contribution is 2.18. The summed E-state index contributed by atoms with van der Waals surface area (Å²) in [5, 5.41) is 12.5. The third kappa shape index (κ3) is 3.07. The molecule has 0 aliphatic carbocycles. The summed E-state index contributed by atoms with van der Waals surface area (Å²) in [4.78, 5) is 8.97. The van der Waals surface area contributed by atoms with Crippen LogP contribution in [-0.2, 0) is 6.42 Å². The summed E-state index contributed by atoms with van der Waals surface area (Å²) in [5.74, 6) is 0.989. The molecular weight excluding hydrogens is 302 g/mol. The zero-order valence-electron chi connectivity index (χ0n) is 13.8. The van der Waals surface area contributed by atoms with Gasteiger partial charge in [0.05, 0.1) is 0 Å². The number of pyridine rings is 1. The normalized spacial score (nSPS) is 19.0. The van der Waals surface area contributed by atoms with Crippen molar-refractivity contribution in [3.05, 3.63) is 48.5 Å². The summed E-state index contributed by atoms with van der Waals surface area (Å²) in [6.45, 7) is 6.43. The first kappa shape index (κ1) is 15.0. The van der Waals surface area contributed by atoms with Gasteiger partial charge >= 0.3 is 0 Å². The number of nitrogens with zero attached hydrogens (tertiary/aromatic N) is 7. The predicted molar refractivity (Wildman–Crippen MR) is 92.0 cm³/mol. The van der Waals surface area contributed by atoms with Crippen molar-refractivity contribution in [1.29, 1.82) is 0 Å². The number of hydrogen-bond acceptors (Lipinski definition) is 6. The van der Waals surface area contributed by atoms with Gasteiger partial charge in [-0.2, -0.15) is 4.52 Å². The maximum Gasteiger partial charge on any atom is 0.177 e. The van der Waals surface area contributed by atoms with E-state index in [0.29, 0.717) is 6.04 Å². The molecule has 1 unspecified atom stereocenters. The van der Waals surface area contributed by atoms with E-state index >= 15 is 0 Å². The Bertz CT molecular complexity index is 801. The Hall–Kier alpha value is -2.54. The maximum absolute atomic E-state index is 4.62. The third-order valence-corrected chi connectivity index (χ3v) is 4.62. The van der Waals surface area contributed by atoms with Crippen LogP contribution in [0.3, 0.4) is 0 Å². The van der Waals surface area contributed by atoms with Crippen LogP contribution in [-0.4, -0.2) is 61.9 Å². The summed E-state index contributed by atoms with van der Waals surface area (Å²) >= 11 is 0. The van der Waals surface area contributed by atoms with Gasteiger partial charge in [0.25, 0.3) is 0 Å². The van der Waals surface area contributed by atoms with Crippen molar-refractivity contribution < 1.29 is 0 Å². The summed E-state index contributed by atoms with van der Waals surface area (Å²) in [5.41, 5.74) is 2.13. The Morgan fingerprint density at radius 1 is 1.12 bits per heavy atom. The highest BCUT2D eigenvalue weighted by atomic mass is 15.4. The van der Waals surface area contributed by atoms with Crippen molar-refractivity contribution in [2.45, 2.75) is 19.4 Å². The molecule has 3 aromatic heterocycles. The zero-order chi connectivity index (χ0) is 16.4. The second-order valence-electron chi connectivity index (χ2n) is 6.27. The second-order valence-corrected chi connectivity index (χ2v) is 6.27. The van der Waals surface area contributed by atoms with E-state index in [0.717, 1.165) is 44.1 Å². The monoisotopic (exact) mass is 323 g/mol. The smallest absolute Gasteiger partial charge is 0.177 e. The highest BCUT2D eigenvalue weighted by molar-refractivity contribution is 5.46. The lowest BCUT2D eigenvalue weighted by Gasteiger charge is -2.40. The minimum Gasteiger partial charge on any atom is -0.350 e. The van der Waals surface area contributed by atoms with Gasteiger partial charge in [0, 0.05) is 44.6 Å². The molecule has 0 radical (unpaired) electrons. The summed E-state index contributed by atoms with van der Waals surface area (Å²) in [6, 6.07) is 8.62. The van der Waals surface area contributed by atoms with Gasteiger partial charge in [0.2, 0.25) is 0 Å². The van der Waals surface area contributed by atoms with Gasteiger partial charge < -0.3 is 4.90 Å². The number of fused-ring (bicyclic) bond motifs is 1. The van der Waals surface area contributed by atoms with Crippen molar-refractivity contribution in [2.24, 2.45) is 0 Å². The topological polar surface area (TPSA) is 62.5 Å². The number of piperazine rings is 1. The largest absolute Gasteiger partial charge is 0.350 e. The Balaban J connectivity index is 1.39. The van der Waals surface area contributed by atoms with Crippen molar-refractivity contribution in [2.75, 3.05) is 31.1 Å². The van der Waals surface area contributed by atoms with Crippen LogP contribution in [0.1, 0.15) is 12.5 Å². The van der Waals surface area contributed by atoms with Crippen molar-refractivity contribution in [3.63, 3.8) is 0 Å². The lowest BCUT2D eigenvalue weighted by molar-refractivity contribution is 0.230. The molecule has 3 aromatic rings. The molecule has 1 atom stereocenters. The molecule has 0 spiro atoms. The van der Waals surface area contributed by atoms with Gasteiger partial charge in [0.15, 0.2) is 5.65 Å². The molecule has 0 saturated carbocycles. The first-order chi connectivity index (χ1) is 11.8. The van der Waals surface area contributed by atoms with E-state index < -0.39 is 0 Å². The van der Waals surface area contributed by atoms with Crippen LogP contribution in [0.4, 0.5) is 5.82 Å². The quantitative estimate of drug-likeness (QED) is 0.721. The van der Waals surface area contributed by atoms with Crippen LogP contribution >= 0.6 is 0 Å². The lowest BCUT2D eigenvalue weighted by atomic mass is 10.1. The average Bonchev–Trinajstić information content (AvgIpc) is 3.08. The number of aromatic nitrogens is 5. The average molecular weight is 323 g/mol. The Morgan fingerprint density at radius 2 is 2.00 bits per heavy atom. The SMILES string of the molecule is CC1CN(CCc2ccncc2)CCN1c1ccc2nncn2n1. The number of rotatable bonds is 4. The van der Waals surface area contributed by atoms with Gasteiger partial charge in [-0.25, -0.2) is 0 Å². The third-order valence-electron chi connectivity index (χ3n) is 4.62. The van der Waals surface area contributed by atoms with Crippen LogP contribution in [0.15, 0.2) is 43.0 Å². The van der Waals surface area contributed by atoms with E-state index in [1.165, 1.54) is 5.56 Å². The molecule has 0 aromatic carbocycles. The molecule has 1 fully saturated rings. The molecule has 0 amide bonds.